The van der Waals surface area contributed by atoms with E-state index >= 15 is 0 Å². The van der Waals surface area contributed by atoms with Crippen molar-refractivity contribution in [2.45, 2.75) is 46.2 Å². The summed E-state index contributed by atoms with van der Waals surface area (Å²) in [4.78, 5) is 27.4. The average Bonchev–Trinajstić information content (AvgIpc) is 2.66. The van der Waals surface area contributed by atoms with Gasteiger partial charge in [-0.25, -0.2) is 0 Å². The number of aryl methyl sites for hydroxylation is 1. The van der Waals surface area contributed by atoms with Crippen molar-refractivity contribution in [3.05, 3.63) is 69.2 Å². The third-order valence-electron chi connectivity index (χ3n) is 4.60. The van der Waals surface area contributed by atoms with E-state index in [0.29, 0.717) is 28.6 Å². The smallest absolute Gasteiger partial charge is 0.242 e. The number of carbonyl (C=O) groups excluding carboxylic acids is 2. The van der Waals surface area contributed by atoms with Gasteiger partial charge in [0.25, 0.3) is 0 Å². The molecule has 2 aromatic carbocycles. The SMILES string of the molecule is CCNC(=O)[C@H](CC)N(Cc1c(Cl)cccc1Cl)C(=O)Cc1ccc(C)cc1. The molecule has 0 aliphatic heterocycles. The van der Waals surface area contributed by atoms with E-state index in [0.717, 1.165) is 11.1 Å². The highest BCUT2D eigenvalue weighted by molar-refractivity contribution is 6.36. The van der Waals surface area contributed by atoms with Crippen LogP contribution < -0.4 is 5.32 Å². The molecule has 0 saturated carbocycles. The summed E-state index contributed by atoms with van der Waals surface area (Å²) in [5.41, 5.74) is 2.67. The number of nitrogens with one attached hydrogen (secondary N) is 1. The van der Waals surface area contributed by atoms with Crippen molar-refractivity contribution < 1.29 is 9.59 Å². The van der Waals surface area contributed by atoms with Crippen LogP contribution in [0, 0.1) is 6.92 Å². The van der Waals surface area contributed by atoms with Crippen LogP contribution in [0.25, 0.3) is 0 Å². The van der Waals surface area contributed by atoms with E-state index in [2.05, 4.69) is 5.32 Å². The highest BCUT2D eigenvalue weighted by Crippen LogP contribution is 2.27. The molecule has 0 bridgehead atoms. The third kappa shape index (κ3) is 5.73. The van der Waals surface area contributed by atoms with Gasteiger partial charge >= 0.3 is 0 Å². The molecule has 150 valence electrons. The van der Waals surface area contributed by atoms with Gasteiger partial charge in [0.2, 0.25) is 11.8 Å². The third-order valence-corrected chi connectivity index (χ3v) is 5.31. The minimum absolute atomic E-state index is 0.141. The molecule has 2 aromatic rings. The largest absolute Gasteiger partial charge is 0.355 e. The van der Waals surface area contributed by atoms with Gasteiger partial charge in [-0.05, 0) is 38.0 Å². The molecule has 6 heteroatoms. The standard InChI is InChI=1S/C22H26Cl2N2O2/c1-4-20(22(28)25-5-2)26(14-17-18(23)7-6-8-19(17)24)21(27)13-16-11-9-15(3)10-12-16/h6-12,20H,4-5,13-14H2,1-3H3,(H,25,28)/t20-/m0/s1. The molecule has 1 atom stereocenters. The van der Waals surface area contributed by atoms with Gasteiger partial charge in [-0.2, -0.15) is 0 Å². The Kier molecular flexibility index (Phi) is 8.34. The van der Waals surface area contributed by atoms with E-state index in [-0.39, 0.29) is 24.8 Å². The summed E-state index contributed by atoms with van der Waals surface area (Å²) in [6.45, 7) is 6.43. The van der Waals surface area contributed by atoms with Gasteiger partial charge in [0.15, 0.2) is 0 Å². The number of hydrogen-bond donors (Lipinski definition) is 1. The minimum Gasteiger partial charge on any atom is -0.355 e. The molecule has 1 N–H and O–H groups in total. The Morgan fingerprint density at radius 1 is 1.04 bits per heavy atom. The number of halogens is 2. The number of likely N-dealkylation sites (N-methyl/N-ethyl adjacent to an activating group) is 1. The Morgan fingerprint density at radius 3 is 2.18 bits per heavy atom. The molecule has 4 nitrogen and oxygen atoms in total. The van der Waals surface area contributed by atoms with Crippen molar-refractivity contribution >= 4 is 35.0 Å². The maximum atomic E-state index is 13.2. The molecule has 0 fully saturated rings. The Morgan fingerprint density at radius 2 is 1.64 bits per heavy atom. The fourth-order valence-electron chi connectivity index (χ4n) is 3.05. The molecule has 2 rings (SSSR count). The van der Waals surface area contributed by atoms with Crippen LogP contribution in [0.15, 0.2) is 42.5 Å². The Balaban J connectivity index is 2.35. The monoisotopic (exact) mass is 420 g/mol. The van der Waals surface area contributed by atoms with Gasteiger partial charge in [0.1, 0.15) is 6.04 Å². The van der Waals surface area contributed by atoms with Gasteiger partial charge in [0, 0.05) is 28.7 Å². The zero-order chi connectivity index (χ0) is 20.7. The van der Waals surface area contributed by atoms with Crippen LogP contribution in [-0.2, 0) is 22.6 Å². The molecule has 2 amide bonds. The predicted octanol–water partition coefficient (Wildman–Crippen LogP) is 4.79. The van der Waals surface area contributed by atoms with Crippen LogP contribution in [0.5, 0.6) is 0 Å². The second-order valence-corrected chi connectivity index (χ2v) is 7.52. The highest BCUT2D eigenvalue weighted by atomic mass is 35.5. The van der Waals surface area contributed by atoms with Crippen LogP contribution in [0.2, 0.25) is 10.0 Å². The minimum atomic E-state index is -0.592. The van der Waals surface area contributed by atoms with E-state index in [1.54, 1.807) is 23.1 Å². The summed E-state index contributed by atoms with van der Waals surface area (Å²) in [6, 6.07) is 12.4. The van der Waals surface area contributed by atoms with Crippen LogP contribution >= 0.6 is 23.2 Å². The molecule has 0 aliphatic rings. The molecule has 0 aromatic heterocycles. The first-order chi connectivity index (χ1) is 13.4. The first-order valence-corrected chi connectivity index (χ1v) is 10.2. The lowest BCUT2D eigenvalue weighted by Crippen LogP contribution is -2.49. The second-order valence-electron chi connectivity index (χ2n) is 6.70. The first kappa shape index (κ1) is 22.3. The van der Waals surface area contributed by atoms with E-state index in [1.807, 2.05) is 45.0 Å². The number of benzene rings is 2. The van der Waals surface area contributed by atoms with Crippen LogP contribution in [0.1, 0.15) is 37.0 Å². The fraction of sp³-hybridized carbons (Fsp3) is 0.364. The number of carbonyl (C=O) groups is 2. The summed E-state index contributed by atoms with van der Waals surface area (Å²) in [7, 11) is 0. The normalized spacial score (nSPS) is 11.8. The summed E-state index contributed by atoms with van der Waals surface area (Å²) < 4.78 is 0. The lowest BCUT2D eigenvalue weighted by atomic mass is 10.1. The van der Waals surface area contributed by atoms with Crippen molar-refractivity contribution in [1.29, 1.82) is 0 Å². The molecular formula is C22H26Cl2N2O2. The fourth-order valence-corrected chi connectivity index (χ4v) is 3.56. The topological polar surface area (TPSA) is 49.4 Å². The summed E-state index contributed by atoms with van der Waals surface area (Å²) in [5.74, 6) is -0.316. The predicted molar refractivity (Wildman–Crippen MR) is 115 cm³/mol. The summed E-state index contributed by atoms with van der Waals surface area (Å²) in [5, 5.41) is 3.78. The zero-order valence-corrected chi connectivity index (χ0v) is 18.0. The molecule has 0 spiro atoms. The number of hydrogen-bond acceptors (Lipinski definition) is 2. The Bertz CT molecular complexity index is 802. The van der Waals surface area contributed by atoms with Gasteiger partial charge in [0.05, 0.1) is 6.42 Å². The van der Waals surface area contributed by atoms with E-state index in [1.165, 1.54) is 0 Å². The van der Waals surface area contributed by atoms with Gasteiger partial charge in [-0.3, -0.25) is 9.59 Å². The summed E-state index contributed by atoms with van der Waals surface area (Å²) in [6.07, 6.45) is 0.700. The first-order valence-electron chi connectivity index (χ1n) is 9.42. The van der Waals surface area contributed by atoms with Gasteiger partial charge < -0.3 is 10.2 Å². The molecule has 0 saturated heterocycles. The van der Waals surface area contributed by atoms with Crippen LogP contribution in [0.3, 0.4) is 0 Å². The Hall–Kier alpha value is -2.04. The molecule has 0 aliphatic carbocycles. The lowest BCUT2D eigenvalue weighted by molar-refractivity contribution is -0.140. The van der Waals surface area contributed by atoms with E-state index in [9.17, 15) is 9.59 Å². The highest BCUT2D eigenvalue weighted by Gasteiger charge is 2.29. The molecule has 0 unspecified atom stereocenters. The van der Waals surface area contributed by atoms with Crippen molar-refractivity contribution in [2.24, 2.45) is 0 Å². The van der Waals surface area contributed by atoms with Gasteiger partial charge in [-0.15, -0.1) is 0 Å². The van der Waals surface area contributed by atoms with Crippen LogP contribution in [-0.4, -0.2) is 29.3 Å². The molecular weight excluding hydrogens is 395 g/mol. The average molecular weight is 421 g/mol. The number of nitrogens with zero attached hydrogens (tertiary/aromatic N) is 1. The van der Waals surface area contributed by atoms with Crippen molar-refractivity contribution in [1.82, 2.24) is 10.2 Å². The molecule has 28 heavy (non-hydrogen) atoms. The van der Waals surface area contributed by atoms with Crippen LogP contribution in [0.4, 0.5) is 0 Å². The zero-order valence-electron chi connectivity index (χ0n) is 16.5. The van der Waals surface area contributed by atoms with E-state index in [4.69, 9.17) is 23.2 Å². The molecule has 0 radical (unpaired) electrons. The number of amides is 2. The lowest BCUT2D eigenvalue weighted by Gasteiger charge is -2.31. The second kappa shape index (κ2) is 10.5. The maximum Gasteiger partial charge on any atom is 0.242 e. The number of rotatable bonds is 8. The van der Waals surface area contributed by atoms with E-state index < -0.39 is 6.04 Å². The molecule has 0 heterocycles. The van der Waals surface area contributed by atoms with Gasteiger partial charge in [-0.1, -0.05) is 66.0 Å². The maximum absolute atomic E-state index is 13.2. The Labute approximate surface area is 176 Å². The van der Waals surface area contributed by atoms with Crippen molar-refractivity contribution in [3.63, 3.8) is 0 Å². The van der Waals surface area contributed by atoms with Crippen molar-refractivity contribution in [2.75, 3.05) is 6.54 Å². The quantitative estimate of drug-likeness (QED) is 0.667. The summed E-state index contributed by atoms with van der Waals surface area (Å²) >= 11 is 12.6. The van der Waals surface area contributed by atoms with Crippen molar-refractivity contribution in [3.8, 4) is 0 Å².